The van der Waals surface area contributed by atoms with Gasteiger partial charge < -0.3 is 0 Å². The standard InChI is InChI=1S/C15H17ClN2O2S/c1-12-3-4-14(11-15(12)16)21(19,20)18(2)10-7-13-5-8-17-9-6-13/h3-6,8-9,11H,7,10H2,1-2H3. The lowest BCUT2D eigenvalue weighted by molar-refractivity contribution is 0.472. The summed E-state index contributed by atoms with van der Waals surface area (Å²) in [6.45, 7) is 2.24. The van der Waals surface area contributed by atoms with Crippen LogP contribution in [0.1, 0.15) is 11.1 Å². The van der Waals surface area contributed by atoms with Gasteiger partial charge in [-0.2, -0.15) is 0 Å². The van der Waals surface area contributed by atoms with E-state index < -0.39 is 10.0 Å². The SMILES string of the molecule is Cc1ccc(S(=O)(=O)N(C)CCc2ccncc2)cc1Cl. The van der Waals surface area contributed by atoms with Gasteiger partial charge in [-0.3, -0.25) is 4.98 Å². The Morgan fingerprint density at radius 1 is 1.19 bits per heavy atom. The van der Waals surface area contributed by atoms with E-state index in [0.29, 0.717) is 18.0 Å². The van der Waals surface area contributed by atoms with Gasteiger partial charge in [-0.25, -0.2) is 12.7 Å². The summed E-state index contributed by atoms with van der Waals surface area (Å²) in [5.74, 6) is 0. The van der Waals surface area contributed by atoms with Crippen molar-refractivity contribution in [1.29, 1.82) is 0 Å². The van der Waals surface area contributed by atoms with E-state index in [1.807, 2.05) is 19.1 Å². The lowest BCUT2D eigenvalue weighted by Crippen LogP contribution is -2.29. The van der Waals surface area contributed by atoms with Crippen molar-refractivity contribution in [1.82, 2.24) is 9.29 Å². The molecule has 0 saturated heterocycles. The van der Waals surface area contributed by atoms with Crippen molar-refractivity contribution in [2.24, 2.45) is 0 Å². The van der Waals surface area contributed by atoms with E-state index in [-0.39, 0.29) is 4.90 Å². The number of benzene rings is 1. The first-order chi connectivity index (χ1) is 9.91. The molecular weight excluding hydrogens is 308 g/mol. The van der Waals surface area contributed by atoms with Crippen molar-refractivity contribution in [2.45, 2.75) is 18.2 Å². The molecule has 1 aromatic carbocycles. The Bertz CT molecular complexity index is 718. The van der Waals surface area contributed by atoms with Crippen molar-refractivity contribution in [3.8, 4) is 0 Å². The second-order valence-corrected chi connectivity index (χ2v) is 7.30. The zero-order chi connectivity index (χ0) is 15.5. The highest BCUT2D eigenvalue weighted by atomic mass is 35.5. The fraction of sp³-hybridized carbons (Fsp3) is 0.267. The van der Waals surface area contributed by atoms with E-state index in [1.54, 1.807) is 31.6 Å². The summed E-state index contributed by atoms with van der Waals surface area (Å²) < 4.78 is 26.3. The molecule has 0 amide bonds. The summed E-state index contributed by atoms with van der Waals surface area (Å²) in [5, 5.41) is 0.457. The van der Waals surface area contributed by atoms with Crippen molar-refractivity contribution in [3.63, 3.8) is 0 Å². The fourth-order valence-corrected chi connectivity index (χ4v) is 3.31. The highest BCUT2D eigenvalue weighted by Crippen LogP contribution is 2.22. The largest absolute Gasteiger partial charge is 0.265 e. The molecule has 1 heterocycles. The van der Waals surface area contributed by atoms with Gasteiger partial charge >= 0.3 is 0 Å². The Hall–Kier alpha value is -1.43. The molecule has 0 aliphatic carbocycles. The average Bonchev–Trinajstić information content (AvgIpc) is 2.48. The van der Waals surface area contributed by atoms with Crippen LogP contribution in [-0.2, 0) is 16.4 Å². The van der Waals surface area contributed by atoms with E-state index in [0.717, 1.165) is 11.1 Å². The van der Waals surface area contributed by atoms with Crippen LogP contribution < -0.4 is 0 Å². The van der Waals surface area contributed by atoms with Crippen LogP contribution in [0.5, 0.6) is 0 Å². The molecule has 0 unspecified atom stereocenters. The summed E-state index contributed by atoms with van der Waals surface area (Å²) in [4.78, 5) is 4.16. The highest BCUT2D eigenvalue weighted by Gasteiger charge is 2.21. The number of hydrogen-bond donors (Lipinski definition) is 0. The van der Waals surface area contributed by atoms with E-state index in [1.165, 1.54) is 10.4 Å². The average molecular weight is 325 g/mol. The van der Waals surface area contributed by atoms with Crippen molar-refractivity contribution >= 4 is 21.6 Å². The van der Waals surface area contributed by atoms with Gasteiger partial charge in [0.15, 0.2) is 0 Å². The number of pyridine rings is 1. The summed E-state index contributed by atoms with van der Waals surface area (Å²) in [5.41, 5.74) is 1.91. The van der Waals surface area contributed by atoms with Crippen molar-refractivity contribution in [3.05, 3.63) is 58.9 Å². The van der Waals surface area contributed by atoms with Crippen LogP contribution >= 0.6 is 11.6 Å². The Labute approximate surface area is 130 Å². The molecular formula is C15H17ClN2O2S. The summed E-state index contributed by atoms with van der Waals surface area (Å²) in [6.07, 6.45) is 4.03. The summed E-state index contributed by atoms with van der Waals surface area (Å²) in [7, 11) is -1.94. The van der Waals surface area contributed by atoms with Gasteiger partial charge in [0.05, 0.1) is 4.90 Å². The Morgan fingerprint density at radius 3 is 2.48 bits per heavy atom. The van der Waals surface area contributed by atoms with Crippen molar-refractivity contribution in [2.75, 3.05) is 13.6 Å². The monoisotopic (exact) mass is 324 g/mol. The van der Waals surface area contributed by atoms with Gasteiger partial charge in [-0.05, 0) is 48.7 Å². The normalized spacial score (nSPS) is 11.8. The first-order valence-corrected chi connectivity index (χ1v) is 8.34. The fourth-order valence-electron chi connectivity index (χ4n) is 1.87. The second kappa shape index (κ2) is 6.56. The molecule has 21 heavy (non-hydrogen) atoms. The highest BCUT2D eigenvalue weighted by molar-refractivity contribution is 7.89. The minimum atomic E-state index is -3.52. The number of likely N-dealkylation sites (N-methyl/N-ethyl adjacent to an activating group) is 1. The number of rotatable bonds is 5. The van der Waals surface area contributed by atoms with Crippen molar-refractivity contribution < 1.29 is 8.42 Å². The minimum absolute atomic E-state index is 0.218. The van der Waals surface area contributed by atoms with Gasteiger partial charge in [0, 0.05) is 31.0 Å². The van der Waals surface area contributed by atoms with Crippen LogP contribution in [0.25, 0.3) is 0 Å². The predicted octanol–water partition coefficient (Wildman–Crippen LogP) is 2.91. The lowest BCUT2D eigenvalue weighted by Gasteiger charge is -2.17. The van der Waals surface area contributed by atoms with E-state index >= 15 is 0 Å². The van der Waals surface area contributed by atoms with Crippen LogP contribution in [0.2, 0.25) is 5.02 Å². The van der Waals surface area contributed by atoms with Gasteiger partial charge in [0.2, 0.25) is 10.0 Å². The summed E-state index contributed by atoms with van der Waals surface area (Å²) >= 11 is 6.01. The van der Waals surface area contributed by atoms with Gasteiger partial charge in [-0.1, -0.05) is 17.7 Å². The first-order valence-electron chi connectivity index (χ1n) is 6.52. The van der Waals surface area contributed by atoms with Crippen LogP contribution in [0.3, 0.4) is 0 Å². The first kappa shape index (κ1) is 15.9. The van der Waals surface area contributed by atoms with Crippen LogP contribution in [0, 0.1) is 6.92 Å². The zero-order valence-electron chi connectivity index (χ0n) is 12.0. The van der Waals surface area contributed by atoms with Crippen LogP contribution in [-0.4, -0.2) is 31.3 Å². The van der Waals surface area contributed by atoms with Crippen LogP contribution in [0.15, 0.2) is 47.6 Å². The molecule has 4 nitrogen and oxygen atoms in total. The molecule has 2 aromatic rings. The number of aryl methyl sites for hydroxylation is 1. The topological polar surface area (TPSA) is 50.3 Å². The maximum atomic E-state index is 12.5. The molecule has 2 rings (SSSR count). The number of nitrogens with zero attached hydrogens (tertiary/aromatic N) is 2. The molecule has 112 valence electrons. The number of aromatic nitrogens is 1. The Kier molecular flexibility index (Phi) is 4.98. The Balaban J connectivity index is 2.13. The predicted molar refractivity (Wildman–Crippen MR) is 83.9 cm³/mol. The molecule has 0 atom stereocenters. The minimum Gasteiger partial charge on any atom is -0.265 e. The van der Waals surface area contributed by atoms with E-state index in [9.17, 15) is 8.42 Å². The van der Waals surface area contributed by atoms with Crippen LogP contribution in [0.4, 0.5) is 0 Å². The molecule has 0 saturated carbocycles. The van der Waals surface area contributed by atoms with E-state index in [4.69, 9.17) is 11.6 Å². The summed E-state index contributed by atoms with van der Waals surface area (Å²) in [6, 6.07) is 8.55. The molecule has 0 bridgehead atoms. The molecule has 6 heteroatoms. The molecule has 0 N–H and O–H groups in total. The molecule has 0 spiro atoms. The maximum Gasteiger partial charge on any atom is 0.242 e. The molecule has 0 fully saturated rings. The molecule has 1 aromatic heterocycles. The van der Waals surface area contributed by atoms with Gasteiger partial charge in [-0.15, -0.1) is 0 Å². The molecule has 0 aliphatic rings. The number of halogens is 1. The molecule has 0 radical (unpaired) electrons. The number of sulfonamides is 1. The van der Waals surface area contributed by atoms with Gasteiger partial charge in [0.1, 0.15) is 0 Å². The lowest BCUT2D eigenvalue weighted by atomic mass is 10.2. The van der Waals surface area contributed by atoms with E-state index in [2.05, 4.69) is 4.98 Å². The zero-order valence-corrected chi connectivity index (χ0v) is 13.5. The third-order valence-corrected chi connectivity index (χ3v) is 5.58. The second-order valence-electron chi connectivity index (χ2n) is 4.84. The third kappa shape index (κ3) is 3.81. The number of hydrogen-bond acceptors (Lipinski definition) is 3. The Morgan fingerprint density at radius 2 is 1.86 bits per heavy atom. The smallest absolute Gasteiger partial charge is 0.242 e. The third-order valence-electron chi connectivity index (χ3n) is 3.32. The molecule has 0 aliphatic heterocycles. The quantitative estimate of drug-likeness (QED) is 0.849. The van der Waals surface area contributed by atoms with Gasteiger partial charge in [0.25, 0.3) is 0 Å². The maximum absolute atomic E-state index is 12.5.